The molecule has 2 rings (SSSR count). The highest BCUT2D eigenvalue weighted by atomic mass is 16.4. The van der Waals surface area contributed by atoms with Crippen molar-refractivity contribution in [2.24, 2.45) is 0 Å². The lowest BCUT2D eigenvalue weighted by Gasteiger charge is -2.08. The SMILES string of the molecule is Cc1ccc(Cn2c(C)ccc(C(=O)O)c2=O)o1. The molecule has 0 radical (unpaired) electrons. The van der Waals surface area contributed by atoms with Gasteiger partial charge in [-0.25, -0.2) is 4.79 Å². The van der Waals surface area contributed by atoms with E-state index in [0.29, 0.717) is 11.5 Å². The summed E-state index contributed by atoms with van der Waals surface area (Å²) in [6.07, 6.45) is 0. The molecule has 0 aliphatic heterocycles. The average Bonchev–Trinajstić information content (AvgIpc) is 2.69. The van der Waals surface area contributed by atoms with Crippen molar-refractivity contribution in [3.63, 3.8) is 0 Å². The predicted octanol–water partition coefficient (Wildman–Crippen LogP) is 1.80. The van der Waals surface area contributed by atoms with Gasteiger partial charge in [-0.3, -0.25) is 4.79 Å². The Morgan fingerprint density at radius 1 is 1.28 bits per heavy atom. The summed E-state index contributed by atoms with van der Waals surface area (Å²) in [4.78, 5) is 22.9. The maximum absolute atomic E-state index is 12.0. The molecule has 18 heavy (non-hydrogen) atoms. The first-order chi connectivity index (χ1) is 8.49. The highest BCUT2D eigenvalue weighted by Gasteiger charge is 2.13. The van der Waals surface area contributed by atoms with E-state index >= 15 is 0 Å². The average molecular weight is 247 g/mol. The maximum atomic E-state index is 12.0. The van der Waals surface area contributed by atoms with Gasteiger partial charge in [0.1, 0.15) is 17.1 Å². The molecule has 0 unspecified atom stereocenters. The lowest BCUT2D eigenvalue weighted by molar-refractivity contribution is 0.0694. The third kappa shape index (κ3) is 2.20. The molecule has 2 aromatic heterocycles. The van der Waals surface area contributed by atoms with Crippen LogP contribution >= 0.6 is 0 Å². The Balaban J connectivity index is 2.47. The number of carbonyl (C=O) groups is 1. The van der Waals surface area contributed by atoms with Crippen molar-refractivity contribution < 1.29 is 14.3 Å². The second-order valence-corrected chi connectivity index (χ2v) is 4.10. The normalized spacial score (nSPS) is 10.6. The minimum atomic E-state index is -1.22. The number of hydrogen-bond donors (Lipinski definition) is 1. The summed E-state index contributed by atoms with van der Waals surface area (Å²) >= 11 is 0. The number of aryl methyl sites for hydroxylation is 2. The molecule has 0 aliphatic carbocycles. The Kier molecular flexibility index (Phi) is 3.06. The number of rotatable bonds is 3. The number of nitrogens with zero attached hydrogens (tertiary/aromatic N) is 1. The Morgan fingerprint density at radius 2 is 2.00 bits per heavy atom. The lowest BCUT2D eigenvalue weighted by Crippen LogP contribution is -2.28. The first kappa shape index (κ1) is 12.2. The molecule has 0 atom stereocenters. The first-order valence-electron chi connectivity index (χ1n) is 5.48. The standard InChI is InChI=1S/C13H13NO4/c1-8-3-6-11(13(16)17)12(15)14(8)7-10-5-4-9(2)18-10/h3-6H,7H2,1-2H3,(H,16,17). The molecule has 0 amide bonds. The van der Waals surface area contributed by atoms with Gasteiger partial charge in [0.15, 0.2) is 0 Å². The van der Waals surface area contributed by atoms with E-state index in [1.165, 1.54) is 10.6 Å². The number of aromatic carboxylic acids is 1. The molecule has 0 aromatic carbocycles. The zero-order valence-electron chi connectivity index (χ0n) is 10.1. The first-order valence-corrected chi connectivity index (χ1v) is 5.48. The number of carboxylic acid groups (broad SMARTS) is 1. The molecule has 1 N–H and O–H groups in total. The molecule has 94 valence electrons. The number of pyridine rings is 1. The van der Waals surface area contributed by atoms with Crippen molar-refractivity contribution in [1.82, 2.24) is 4.57 Å². The maximum Gasteiger partial charge on any atom is 0.341 e. The Morgan fingerprint density at radius 3 is 2.56 bits per heavy atom. The third-order valence-electron chi connectivity index (χ3n) is 2.73. The highest BCUT2D eigenvalue weighted by Crippen LogP contribution is 2.09. The fourth-order valence-corrected chi connectivity index (χ4v) is 1.76. The second kappa shape index (κ2) is 4.52. The number of carboxylic acids is 1. The summed E-state index contributed by atoms with van der Waals surface area (Å²) in [5, 5.41) is 8.91. The quantitative estimate of drug-likeness (QED) is 0.897. The summed E-state index contributed by atoms with van der Waals surface area (Å²) in [5.41, 5.74) is -0.0560. The van der Waals surface area contributed by atoms with Gasteiger partial charge >= 0.3 is 5.97 Å². The van der Waals surface area contributed by atoms with Gasteiger partial charge in [-0.2, -0.15) is 0 Å². The zero-order chi connectivity index (χ0) is 13.3. The van der Waals surface area contributed by atoms with Gasteiger partial charge in [-0.1, -0.05) is 0 Å². The summed E-state index contributed by atoms with van der Waals surface area (Å²) in [6, 6.07) is 6.51. The van der Waals surface area contributed by atoms with Crippen LogP contribution in [-0.2, 0) is 6.54 Å². The fourth-order valence-electron chi connectivity index (χ4n) is 1.76. The smallest absolute Gasteiger partial charge is 0.341 e. The monoisotopic (exact) mass is 247 g/mol. The van der Waals surface area contributed by atoms with Crippen LogP contribution in [-0.4, -0.2) is 15.6 Å². The molecule has 5 nitrogen and oxygen atoms in total. The summed E-state index contributed by atoms with van der Waals surface area (Å²) in [7, 11) is 0. The van der Waals surface area contributed by atoms with Crippen LogP contribution < -0.4 is 5.56 Å². The van der Waals surface area contributed by atoms with Gasteiger partial charge in [0.25, 0.3) is 5.56 Å². The van der Waals surface area contributed by atoms with E-state index in [9.17, 15) is 9.59 Å². The van der Waals surface area contributed by atoms with Crippen LogP contribution in [0.4, 0.5) is 0 Å². The van der Waals surface area contributed by atoms with Crippen LogP contribution in [0.1, 0.15) is 27.6 Å². The van der Waals surface area contributed by atoms with E-state index < -0.39 is 11.5 Å². The van der Waals surface area contributed by atoms with E-state index in [4.69, 9.17) is 9.52 Å². The molecule has 0 saturated heterocycles. The van der Waals surface area contributed by atoms with E-state index in [1.54, 1.807) is 25.1 Å². The van der Waals surface area contributed by atoms with Gasteiger partial charge in [0, 0.05) is 5.69 Å². The highest BCUT2D eigenvalue weighted by molar-refractivity contribution is 5.87. The number of furan rings is 1. The largest absolute Gasteiger partial charge is 0.477 e. The van der Waals surface area contributed by atoms with Crippen molar-refractivity contribution in [2.75, 3.05) is 0 Å². The van der Waals surface area contributed by atoms with Crippen molar-refractivity contribution in [1.29, 1.82) is 0 Å². The molecule has 5 heteroatoms. The zero-order valence-corrected chi connectivity index (χ0v) is 10.1. The molecule has 0 saturated carbocycles. The van der Waals surface area contributed by atoms with Crippen molar-refractivity contribution in [2.45, 2.75) is 20.4 Å². The van der Waals surface area contributed by atoms with Crippen LogP contribution in [0.15, 0.2) is 33.5 Å². The van der Waals surface area contributed by atoms with Gasteiger partial charge in [0.2, 0.25) is 0 Å². The summed E-state index contributed by atoms with van der Waals surface area (Å²) in [6.45, 7) is 3.80. The minimum Gasteiger partial charge on any atom is -0.477 e. The Hall–Kier alpha value is -2.30. The lowest BCUT2D eigenvalue weighted by atomic mass is 10.2. The molecule has 0 bridgehead atoms. The summed E-state index contributed by atoms with van der Waals surface area (Å²) in [5.74, 6) is 0.162. The molecule has 0 fully saturated rings. The minimum absolute atomic E-state index is 0.233. The predicted molar refractivity (Wildman–Crippen MR) is 64.9 cm³/mol. The van der Waals surface area contributed by atoms with Gasteiger partial charge in [0.05, 0.1) is 6.54 Å². The number of hydrogen-bond acceptors (Lipinski definition) is 3. The van der Waals surface area contributed by atoms with Crippen LogP contribution in [0, 0.1) is 13.8 Å². The van der Waals surface area contributed by atoms with Crippen LogP contribution in [0.25, 0.3) is 0 Å². The third-order valence-corrected chi connectivity index (χ3v) is 2.73. The van der Waals surface area contributed by atoms with Crippen molar-refractivity contribution in [3.8, 4) is 0 Å². The van der Waals surface area contributed by atoms with Gasteiger partial charge < -0.3 is 14.1 Å². The van der Waals surface area contributed by atoms with Crippen LogP contribution in [0.2, 0.25) is 0 Å². The second-order valence-electron chi connectivity index (χ2n) is 4.10. The van der Waals surface area contributed by atoms with E-state index in [2.05, 4.69) is 0 Å². The van der Waals surface area contributed by atoms with Gasteiger partial charge in [-0.15, -0.1) is 0 Å². The molecular weight excluding hydrogens is 234 g/mol. The van der Waals surface area contributed by atoms with Crippen molar-refractivity contribution >= 4 is 5.97 Å². The van der Waals surface area contributed by atoms with Crippen LogP contribution in [0.3, 0.4) is 0 Å². The molecule has 0 spiro atoms. The topological polar surface area (TPSA) is 72.4 Å². The fraction of sp³-hybridized carbons (Fsp3) is 0.231. The Bertz CT molecular complexity index is 651. The van der Waals surface area contributed by atoms with E-state index in [-0.39, 0.29) is 12.1 Å². The number of aromatic nitrogens is 1. The molecular formula is C13H13NO4. The van der Waals surface area contributed by atoms with E-state index in [0.717, 1.165) is 5.76 Å². The molecule has 2 aromatic rings. The van der Waals surface area contributed by atoms with Crippen LogP contribution in [0.5, 0.6) is 0 Å². The summed E-state index contributed by atoms with van der Waals surface area (Å²) < 4.78 is 6.78. The Labute approximate surface area is 103 Å². The van der Waals surface area contributed by atoms with E-state index in [1.807, 2.05) is 6.92 Å². The van der Waals surface area contributed by atoms with Crippen molar-refractivity contribution in [3.05, 3.63) is 57.4 Å². The molecule has 0 aliphatic rings. The van der Waals surface area contributed by atoms with Gasteiger partial charge in [-0.05, 0) is 38.1 Å². The molecule has 2 heterocycles.